The fourth-order valence-electron chi connectivity index (χ4n) is 1.73. The van der Waals surface area contributed by atoms with Crippen molar-refractivity contribution in [1.29, 1.82) is 0 Å². The van der Waals surface area contributed by atoms with Gasteiger partial charge in [-0.2, -0.15) is 0 Å². The van der Waals surface area contributed by atoms with Crippen LogP contribution >= 0.6 is 49.9 Å². The highest BCUT2D eigenvalue weighted by Gasteiger charge is 2.22. The fraction of sp³-hybridized carbons (Fsp3) is 0.286. The van der Waals surface area contributed by atoms with Crippen LogP contribution in [0.25, 0.3) is 0 Å². The van der Waals surface area contributed by atoms with Gasteiger partial charge in [-0.1, -0.05) is 13.0 Å². The Morgan fingerprint density at radius 1 is 1.42 bits per heavy atom. The third-order valence-corrected chi connectivity index (χ3v) is 5.21. The predicted octanol–water partition coefficient (Wildman–Crippen LogP) is 4.97. The van der Waals surface area contributed by atoms with Gasteiger partial charge in [0.15, 0.2) is 0 Å². The first kappa shape index (κ1) is 15.3. The van der Waals surface area contributed by atoms with E-state index < -0.39 is 0 Å². The molecule has 0 amide bonds. The number of rotatable bonds is 5. The molecule has 0 aliphatic carbocycles. The van der Waals surface area contributed by atoms with Crippen LogP contribution in [-0.2, 0) is 0 Å². The zero-order valence-corrected chi connectivity index (χ0v) is 15.0. The summed E-state index contributed by atoms with van der Waals surface area (Å²) in [6.45, 7) is 2.08. The molecule has 0 spiro atoms. The average molecular weight is 452 g/mol. The molecule has 0 fully saturated rings. The lowest BCUT2D eigenvalue weighted by Crippen LogP contribution is -2.30. The maximum Gasteiger partial charge on any atom is 0.148 e. The molecule has 0 saturated heterocycles. The average Bonchev–Trinajstić information content (AvgIpc) is 2.81. The standard InChI is InChI=1S/C14H15BrINOS/c1-2-12(17)14(13-6-9(15)8-19-13)18-11-5-3-4-10(16)7-11/h3-8,12,14H,2,17H2,1H3. The molecule has 2 N–H and O–H groups in total. The second kappa shape index (κ2) is 7.06. The van der Waals surface area contributed by atoms with Gasteiger partial charge in [0, 0.05) is 24.3 Å². The molecule has 1 heterocycles. The van der Waals surface area contributed by atoms with Crippen molar-refractivity contribution in [1.82, 2.24) is 0 Å². The molecule has 0 aliphatic rings. The summed E-state index contributed by atoms with van der Waals surface area (Å²) in [6.07, 6.45) is 0.781. The van der Waals surface area contributed by atoms with Crippen molar-refractivity contribution < 1.29 is 4.74 Å². The van der Waals surface area contributed by atoms with Crippen LogP contribution in [0.4, 0.5) is 0 Å². The first-order valence-electron chi connectivity index (χ1n) is 6.02. The van der Waals surface area contributed by atoms with Gasteiger partial charge >= 0.3 is 0 Å². The van der Waals surface area contributed by atoms with Gasteiger partial charge in [0.25, 0.3) is 0 Å². The Morgan fingerprint density at radius 2 is 2.21 bits per heavy atom. The molecule has 1 aromatic heterocycles. The first-order valence-corrected chi connectivity index (χ1v) is 8.77. The Bertz CT molecular complexity index is 546. The second-order valence-electron chi connectivity index (χ2n) is 4.24. The molecule has 2 nitrogen and oxygen atoms in total. The van der Waals surface area contributed by atoms with Crippen molar-refractivity contribution in [3.05, 3.63) is 48.6 Å². The zero-order chi connectivity index (χ0) is 13.8. The third-order valence-electron chi connectivity index (χ3n) is 2.79. The molecule has 0 radical (unpaired) electrons. The highest BCUT2D eigenvalue weighted by molar-refractivity contribution is 14.1. The highest BCUT2D eigenvalue weighted by Crippen LogP contribution is 2.32. The van der Waals surface area contributed by atoms with Crippen LogP contribution in [0.2, 0.25) is 0 Å². The minimum absolute atomic E-state index is 0.0107. The Balaban J connectivity index is 2.24. The van der Waals surface area contributed by atoms with Crippen LogP contribution in [0.1, 0.15) is 24.3 Å². The van der Waals surface area contributed by atoms with Crippen LogP contribution in [0.5, 0.6) is 5.75 Å². The summed E-state index contributed by atoms with van der Waals surface area (Å²) < 4.78 is 8.34. The maximum atomic E-state index is 6.21. The summed E-state index contributed by atoms with van der Waals surface area (Å²) in [7, 11) is 0. The van der Waals surface area contributed by atoms with E-state index in [4.69, 9.17) is 10.5 Å². The largest absolute Gasteiger partial charge is 0.483 e. The maximum absolute atomic E-state index is 6.21. The molecule has 2 aromatic rings. The van der Waals surface area contributed by atoms with Crippen LogP contribution < -0.4 is 10.5 Å². The lowest BCUT2D eigenvalue weighted by Gasteiger charge is -2.23. The minimum Gasteiger partial charge on any atom is -0.483 e. The van der Waals surface area contributed by atoms with Gasteiger partial charge in [-0.25, -0.2) is 0 Å². The lowest BCUT2D eigenvalue weighted by atomic mass is 10.1. The summed E-state index contributed by atoms with van der Waals surface area (Å²) in [5.74, 6) is 0.866. The highest BCUT2D eigenvalue weighted by atomic mass is 127. The van der Waals surface area contributed by atoms with Gasteiger partial charge in [-0.05, 0) is 69.2 Å². The lowest BCUT2D eigenvalue weighted by molar-refractivity contribution is 0.174. The predicted molar refractivity (Wildman–Crippen MR) is 92.8 cm³/mol. The third kappa shape index (κ3) is 4.18. The van der Waals surface area contributed by atoms with Crippen LogP contribution in [0.3, 0.4) is 0 Å². The van der Waals surface area contributed by atoms with Crippen molar-refractivity contribution in [3.63, 3.8) is 0 Å². The summed E-state index contributed by atoms with van der Waals surface area (Å²) >= 11 is 7.43. The fourth-order valence-corrected chi connectivity index (χ4v) is 3.80. The minimum atomic E-state index is -0.0977. The molecular formula is C14H15BrINOS. The molecule has 102 valence electrons. The zero-order valence-electron chi connectivity index (χ0n) is 10.5. The van der Waals surface area contributed by atoms with Crippen LogP contribution in [0.15, 0.2) is 40.2 Å². The van der Waals surface area contributed by atoms with Gasteiger partial charge < -0.3 is 10.5 Å². The SMILES string of the molecule is CCC(N)C(Oc1cccc(I)c1)c1cc(Br)cs1. The molecule has 2 atom stereocenters. The van der Waals surface area contributed by atoms with E-state index in [1.54, 1.807) is 11.3 Å². The molecule has 0 bridgehead atoms. The van der Waals surface area contributed by atoms with E-state index in [2.05, 4.69) is 56.9 Å². The molecule has 0 saturated carbocycles. The molecule has 2 unspecified atom stereocenters. The summed E-state index contributed by atoms with van der Waals surface area (Å²) in [6, 6.07) is 10.1. The quantitative estimate of drug-likeness (QED) is 0.651. The van der Waals surface area contributed by atoms with E-state index in [0.717, 1.165) is 25.1 Å². The number of hydrogen-bond donors (Lipinski definition) is 1. The molecule has 5 heteroatoms. The number of thiophene rings is 1. The van der Waals surface area contributed by atoms with Crippen LogP contribution in [0, 0.1) is 3.57 Å². The molecular weight excluding hydrogens is 437 g/mol. The Hall–Kier alpha value is -0.110. The summed E-state index contributed by atoms with van der Waals surface area (Å²) in [5, 5.41) is 2.06. The summed E-state index contributed by atoms with van der Waals surface area (Å²) in [4.78, 5) is 1.15. The number of ether oxygens (including phenoxy) is 1. The van der Waals surface area contributed by atoms with E-state index in [1.807, 2.05) is 24.3 Å². The van der Waals surface area contributed by atoms with Crippen LogP contribution in [-0.4, -0.2) is 6.04 Å². The van der Waals surface area contributed by atoms with Crippen molar-refractivity contribution in [2.75, 3.05) is 0 Å². The smallest absolute Gasteiger partial charge is 0.148 e. The number of hydrogen-bond acceptors (Lipinski definition) is 3. The van der Waals surface area contributed by atoms with Crippen molar-refractivity contribution in [3.8, 4) is 5.75 Å². The molecule has 19 heavy (non-hydrogen) atoms. The van der Waals surface area contributed by atoms with E-state index in [-0.39, 0.29) is 12.1 Å². The normalized spacial score (nSPS) is 14.1. The topological polar surface area (TPSA) is 35.2 Å². The number of halogens is 2. The Kier molecular flexibility index (Phi) is 5.68. The Labute approximate surface area is 139 Å². The van der Waals surface area contributed by atoms with Gasteiger partial charge in [0.05, 0.1) is 0 Å². The second-order valence-corrected chi connectivity index (χ2v) is 7.34. The van der Waals surface area contributed by atoms with Crippen molar-refractivity contribution in [2.45, 2.75) is 25.5 Å². The van der Waals surface area contributed by atoms with Gasteiger partial charge in [-0.3, -0.25) is 0 Å². The first-order chi connectivity index (χ1) is 9.10. The Morgan fingerprint density at radius 3 is 2.79 bits per heavy atom. The van der Waals surface area contributed by atoms with E-state index >= 15 is 0 Å². The van der Waals surface area contributed by atoms with Gasteiger partial charge in [-0.15, -0.1) is 11.3 Å². The van der Waals surface area contributed by atoms with E-state index in [9.17, 15) is 0 Å². The van der Waals surface area contributed by atoms with Gasteiger partial charge in [0.1, 0.15) is 11.9 Å². The monoisotopic (exact) mass is 451 g/mol. The summed E-state index contributed by atoms with van der Waals surface area (Å²) in [5.41, 5.74) is 6.21. The molecule has 1 aromatic carbocycles. The number of benzene rings is 1. The molecule has 0 aliphatic heterocycles. The van der Waals surface area contributed by atoms with E-state index in [0.29, 0.717) is 0 Å². The van der Waals surface area contributed by atoms with Crippen molar-refractivity contribution >= 4 is 49.9 Å². The van der Waals surface area contributed by atoms with E-state index in [1.165, 1.54) is 0 Å². The van der Waals surface area contributed by atoms with Gasteiger partial charge in [0.2, 0.25) is 0 Å². The molecule has 2 rings (SSSR count). The van der Waals surface area contributed by atoms with Crippen molar-refractivity contribution in [2.24, 2.45) is 5.73 Å². The number of nitrogens with two attached hydrogens (primary N) is 1.